The molecule has 1 rings (SSSR count). The third-order valence-electron chi connectivity index (χ3n) is 1.99. The highest BCUT2D eigenvalue weighted by atomic mass is 16.6. The minimum absolute atomic E-state index is 0.184. The highest BCUT2D eigenvalue weighted by molar-refractivity contribution is 5.86. The molecule has 0 fully saturated rings. The van der Waals surface area contributed by atoms with Gasteiger partial charge in [0, 0.05) is 5.57 Å². The summed E-state index contributed by atoms with van der Waals surface area (Å²) in [5.74, 6) is 0.869. The molecule has 0 N–H and O–H groups in total. The molecular formula is C13H16O4. The lowest BCUT2D eigenvalue weighted by Crippen LogP contribution is -2.12. The van der Waals surface area contributed by atoms with Crippen molar-refractivity contribution in [3.8, 4) is 11.5 Å². The quantitative estimate of drug-likeness (QED) is 0.431. The molecule has 1 aromatic carbocycles. The van der Waals surface area contributed by atoms with Crippen LogP contribution in [0.5, 0.6) is 11.5 Å². The summed E-state index contributed by atoms with van der Waals surface area (Å²) in [5.41, 5.74) is 0.377. The molecule has 0 aliphatic carbocycles. The van der Waals surface area contributed by atoms with Crippen LogP contribution in [0.4, 0.5) is 0 Å². The zero-order valence-electron chi connectivity index (χ0n) is 10.1. The summed E-state index contributed by atoms with van der Waals surface area (Å²) in [7, 11) is 1.57. The molecule has 0 aliphatic rings. The van der Waals surface area contributed by atoms with E-state index < -0.39 is 5.97 Å². The van der Waals surface area contributed by atoms with E-state index in [4.69, 9.17) is 14.2 Å². The summed E-state index contributed by atoms with van der Waals surface area (Å²) >= 11 is 0. The fourth-order valence-electron chi connectivity index (χ4n) is 1.15. The number of ether oxygens (including phenoxy) is 3. The van der Waals surface area contributed by atoms with E-state index >= 15 is 0 Å². The van der Waals surface area contributed by atoms with Crippen LogP contribution in [0.1, 0.15) is 6.92 Å². The van der Waals surface area contributed by atoms with Gasteiger partial charge in [0.15, 0.2) is 11.5 Å². The van der Waals surface area contributed by atoms with Gasteiger partial charge >= 0.3 is 5.97 Å². The highest BCUT2D eigenvalue weighted by Crippen LogP contribution is 2.25. The van der Waals surface area contributed by atoms with Crippen LogP contribution in [0.3, 0.4) is 0 Å². The van der Waals surface area contributed by atoms with E-state index in [9.17, 15) is 4.79 Å². The van der Waals surface area contributed by atoms with Crippen molar-refractivity contribution in [2.75, 3.05) is 20.3 Å². The van der Waals surface area contributed by atoms with E-state index in [0.717, 1.165) is 0 Å². The molecule has 92 valence electrons. The number of rotatable bonds is 6. The van der Waals surface area contributed by atoms with Gasteiger partial charge in [-0.3, -0.25) is 0 Å². The summed E-state index contributed by atoms with van der Waals surface area (Å²) < 4.78 is 15.4. The number of hydrogen-bond acceptors (Lipinski definition) is 4. The molecule has 0 spiro atoms. The third kappa shape index (κ3) is 4.18. The summed E-state index contributed by atoms with van der Waals surface area (Å²) in [5, 5.41) is 0. The zero-order chi connectivity index (χ0) is 12.7. The molecule has 0 bridgehead atoms. The SMILES string of the molecule is C=C(C)C(=O)OCCOc1ccccc1OC. The third-order valence-corrected chi connectivity index (χ3v) is 1.99. The maximum atomic E-state index is 11.1. The monoisotopic (exact) mass is 236 g/mol. The molecule has 4 heteroatoms. The fourth-order valence-corrected chi connectivity index (χ4v) is 1.15. The Morgan fingerprint density at radius 3 is 2.47 bits per heavy atom. The number of carbonyl (C=O) groups is 1. The van der Waals surface area contributed by atoms with Gasteiger partial charge in [0.25, 0.3) is 0 Å². The molecule has 4 nitrogen and oxygen atoms in total. The number of carbonyl (C=O) groups excluding carboxylic acids is 1. The first-order valence-corrected chi connectivity index (χ1v) is 5.23. The standard InChI is InChI=1S/C13H16O4/c1-10(2)13(14)17-9-8-16-12-7-5-4-6-11(12)15-3/h4-7H,1,8-9H2,2-3H3. The fraction of sp³-hybridized carbons (Fsp3) is 0.308. The van der Waals surface area contributed by atoms with Gasteiger partial charge in [0.1, 0.15) is 13.2 Å². The van der Waals surface area contributed by atoms with E-state index in [1.54, 1.807) is 26.2 Å². The summed E-state index contributed by atoms with van der Waals surface area (Å²) in [6.45, 7) is 5.55. The highest BCUT2D eigenvalue weighted by Gasteiger charge is 2.04. The maximum absolute atomic E-state index is 11.1. The first-order chi connectivity index (χ1) is 8.15. The molecule has 1 aromatic rings. The Morgan fingerprint density at radius 1 is 1.24 bits per heavy atom. The Morgan fingerprint density at radius 2 is 1.88 bits per heavy atom. The van der Waals surface area contributed by atoms with Crippen molar-refractivity contribution < 1.29 is 19.0 Å². The lowest BCUT2D eigenvalue weighted by Gasteiger charge is -2.10. The van der Waals surface area contributed by atoms with Crippen LogP contribution in [0, 0.1) is 0 Å². The molecule has 0 amide bonds. The van der Waals surface area contributed by atoms with Crippen molar-refractivity contribution in [3.05, 3.63) is 36.4 Å². The summed E-state index contributed by atoms with van der Waals surface area (Å²) in [6.07, 6.45) is 0. The van der Waals surface area contributed by atoms with E-state index in [-0.39, 0.29) is 13.2 Å². The molecule has 17 heavy (non-hydrogen) atoms. The van der Waals surface area contributed by atoms with Crippen molar-refractivity contribution in [1.82, 2.24) is 0 Å². The van der Waals surface area contributed by atoms with E-state index in [0.29, 0.717) is 17.1 Å². The molecule has 0 heterocycles. The van der Waals surface area contributed by atoms with E-state index in [1.807, 2.05) is 12.1 Å². The van der Waals surface area contributed by atoms with Gasteiger partial charge in [-0.15, -0.1) is 0 Å². The van der Waals surface area contributed by atoms with Crippen LogP contribution in [-0.4, -0.2) is 26.3 Å². The van der Waals surface area contributed by atoms with Gasteiger partial charge in [0.05, 0.1) is 7.11 Å². The second kappa shape index (κ2) is 6.58. The number of esters is 1. The van der Waals surface area contributed by atoms with Crippen LogP contribution in [0.2, 0.25) is 0 Å². The Labute approximate surface area is 101 Å². The number of hydrogen-bond donors (Lipinski definition) is 0. The van der Waals surface area contributed by atoms with Crippen LogP contribution in [0.15, 0.2) is 36.4 Å². The van der Waals surface area contributed by atoms with Crippen molar-refractivity contribution in [2.24, 2.45) is 0 Å². The first-order valence-electron chi connectivity index (χ1n) is 5.23. The predicted octanol–water partition coefficient (Wildman–Crippen LogP) is 2.19. The minimum Gasteiger partial charge on any atom is -0.493 e. The van der Waals surface area contributed by atoms with Crippen molar-refractivity contribution in [2.45, 2.75) is 6.92 Å². The first kappa shape index (κ1) is 13.1. The second-order valence-corrected chi connectivity index (χ2v) is 3.42. The van der Waals surface area contributed by atoms with E-state index in [2.05, 4.69) is 6.58 Å². The van der Waals surface area contributed by atoms with Crippen LogP contribution < -0.4 is 9.47 Å². The van der Waals surface area contributed by atoms with Gasteiger partial charge in [-0.1, -0.05) is 18.7 Å². The van der Waals surface area contributed by atoms with E-state index in [1.165, 1.54) is 0 Å². The average Bonchev–Trinajstić information content (AvgIpc) is 2.34. The molecule has 0 saturated carbocycles. The molecule has 0 aromatic heterocycles. The predicted molar refractivity (Wildman–Crippen MR) is 64.3 cm³/mol. The number of para-hydroxylation sites is 2. The number of methoxy groups -OCH3 is 1. The molecule has 0 saturated heterocycles. The Balaban J connectivity index is 2.36. The Hall–Kier alpha value is -1.97. The molecule has 0 atom stereocenters. The van der Waals surface area contributed by atoms with Gasteiger partial charge in [-0.2, -0.15) is 0 Å². The molecule has 0 aliphatic heterocycles. The zero-order valence-corrected chi connectivity index (χ0v) is 10.1. The van der Waals surface area contributed by atoms with Crippen molar-refractivity contribution in [1.29, 1.82) is 0 Å². The second-order valence-electron chi connectivity index (χ2n) is 3.42. The number of benzene rings is 1. The van der Waals surface area contributed by atoms with Gasteiger partial charge in [0.2, 0.25) is 0 Å². The Bertz CT molecular complexity index is 398. The minimum atomic E-state index is -0.409. The van der Waals surface area contributed by atoms with Crippen LogP contribution in [-0.2, 0) is 9.53 Å². The van der Waals surface area contributed by atoms with Gasteiger partial charge < -0.3 is 14.2 Å². The lowest BCUT2D eigenvalue weighted by atomic mass is 10.3. The molecule has 0 unspecified atom stereocenters. The molecular weight excluding hydrogens is 220 g/mol. The lowest BCUT2D eigenvalue weighted by molar-refractivity contribution is -0.139. The maximum Gasteiger partial charge on any atom is 0.333 e. The topological polar surface area (TPSA) is 44.8 Å². The molecule has 0 radical (unpaired) electrons. The summed E-state index contributed by atoms with van der Waals surface area (Å²) in [4.78, 5) is 11.1. The van der Waals surface area contributed by atoms with Crippen LogP contribution >= 0.6 is 0 Å². The van der Waals surface area contributed by atoms with Gasteiger partial charge in [-0.25, -0.2) is 4.79 Å². The van der Waals surface area contributed by atoms with Crippen LogP contribution in [0.25, 0.3) is 0 Å². The average molecular weight is 236 g/mol. The van der Waals surface area contributed by atoms with Crippen molar-refractivity contribution >= 4 is 5.97 Å². The normalized spacial score (nSPS) is 9.53. The summed E-state index contributed by atoms with van der Waals surface area (Å²) in [6, 6.07) is 7.29. The Kier molecular flexibility index (Phi) is 5.07. The van der Waals surface area contributed by atoms with Crippen molar-refractivity contribution in [3.63, 3.8) is 0 Å². The van der Waals surface area contributed by atoms with Gasteiger partial charge in [-0.05, 0) is 19.1 Å². The largest absolute Gasteiger partial charge is 0.493 e. The smallest absolute Gasteiger partial charge is 0.333 e.